The molecule has 1 aromatic heterocycles. The van der Waals surface area contributed by atoms with Crippen LogP contribution in [-0.2, 0) is 29.5 Å². The average molecular weight is 412 g/mol. The maximum absolute atomic E-state index is 13.1. The molecule has 2 heterocycles. The van der Waals surface area contributed by atoms with E-state index in [9.17, 15) is 12.8 Å². The number of sulfone groups is 1. The van der Waals surface area contributed by atoms with Gasteiger partial charge in [-0.1, -0.05) is 12.1 Å². The van der Waals surface area contributed by atoms with Gasteiger partial charge in [0.25, 0.3) is 4.84 Å². The maximum Gasteiger partial charge on any atom is 0.288 e. The van der Waals surface area contributed by atoms with Gasteiger partial charge in [0.05, 0.1) is 18.2 Å². The summed E-state index contributed by atoms with van der Waals surface area (Å²) in [6.45, 7) is 1.20. The second-order valence-electron chi connectivity index (χ2n) is 7.48. The highest BCUT2D eigenvalue weighted by Gasteiger charge is 2.31. The van der Waals surface area contributed by atoms with Crippen LogP contribution >= 0.6 is 12.2 Å². The second kappa shape index (κ2) is 7.44. The van der Waals surface area contributed by atoms with Gasteiger partial charge in [-0.2, -0.15) is 0 Å². The van der Waals surface area contributed by atoms with Gasteiger partial charge < -0.3 is 4.42 Å². The minimum absolute atomic E-state index is 0.0512. The number of benzene rings is 1. The van der Waals surface area contributed by atoms with E-state index in [1.807, 2.05) is 0 Å². The van der Waals surface area contributed by atoms with Crippen molar-refractivity contribution in [2.24, 2.45) is 5.92 Å². The lowest BCUT2D eigenvalue weighted by molar-refractivity contribution is 0.184. The maximum atomic E-state index is 13.1. The van der Waals surface area contributed by atoms with Crippen molar-refractivity contribution in [3.05, 3.63) is 46.4 Å². The predicted octanol–water partition coefficient (Wildman–Crippen LogP) is 2.94. The molecule has 2 fully saturated rings. The van der Waals surface area contributed by atoms with E-state index in [1.54, 1.807) is 16.8 Å². The van der Waals surface area contributed by atoms with Crippen LogP contribution in [0.25, 0.3) is 0 Å². The fourth-order valence-corrected chi connectivity index (χ4v) is 5.59. The molecule has 1 aromatic carbocycles. The van der Waals surface area contributed by atoms with Crippen LogP contribution in [0.4, 0.5) is 4.39 Å². The molecule has 4 rings (SSSR count). The highest BCUT2D eigenvalue weighted by Crippen LogP contribution is 2.29. The molecule has 9 heteroatoms. The van der Waals surface area contributed by atoms with Crippen molar-refractivity contribution >= 4 is 22.1 Å². The Morgan fingerprint density at radius 3 is 2.63 bits per heavy atom. The smallest absolute Gasteiger partial charge is 0.288 e. The first kappa shape index (κ1) is 18.8. The Kier molecular flexibility index (Phi) is 5.17. The summed E-state index contributed by atoms with van der Waals surface area (Å²) >= 11 is 5.31. The fourth-order valence-electron chi connectivity index (χ4n) is 3.53. The molecular formula is C18H22FN3O3S2. The van der Waals surface area contributed by atoms with Gasteiger partial charge in [-0.25, -0.2) is 17.5 Å². The normalized spacial score (nSPS) is 21.8. The van der Waals surface area contributed by atoms with Crippen LogP contribution in [0, 0.1) is 16.6 Å². The number of hydrogen-bond acceptors (Lipinski definition) is 6. The second-order valence-corrected chi connectivity index (χ2v) is 10.1. The fraction of sp³-hybridized carbons (Fsp3) is 0.556. The molecule has 0 N–H and O–H groups in total. The monoisotopic (exact) mass is 411 g/mol. The molecule has 0 spiro atoms. The Balaban J connectivity index is 1.43. The highest BCUT2D eigenvalue weighted by atomic mass is 32.2. The largest absolute Gasteiger partial charge is 0.414 e. The zero-order valence-electron chi connectivity index (χ0n) is 14.9. The number of rotatable bonds is 7. The van der Waals surface area contributed by atoms with Gasteiger partial charge in [0, 0.05) is 19.0 Å². The lowest BCUT2D eigenvalue weighted by Crippen LogP contribution is -2.29. The van der Waals surface area contributed by atoms with E-state index in [4.69, 9.17) is 16.6 Å². The molecule has 0 unspecified atom stereocenters. The van der Waals surface area contributed by atoms with Gasteiger partial charge in [0.1, 0.15) is 5.82 Å². The number of halogens is 1. The van der Waals surface area contributed by atoms with Gasteiger partial charge in [-0.15, -0.1) is 5.10 Å². The van der Waals surface area contributed by atoms with Crippen molar-refractivity contribution in [2.45, 2.75) is 44.9 Å². The van der Waals surface area contributed by atoms with E-state index in [0.717, 1.165) is 18.4 Å². The minimum atomic E-state index is -2.92. The van der Waals surface area contributed by atoms with Crippen molar-refractivity contribution in [3.63, 3.8) is 0 Å². The summed E-state index contributed by atoms with van der Waals surface area (Å²) in [5.74, 6) is 0.747. The molecule has 146 valence electrons. The van der Waals surface area contributed by atoms with Crippen molar-refractivity contribution in [1.29, 1.82) is 0 Å². The van der Waals surface area contributed by atoms with Crippen molar-refractivity contribution < 1.29 is 17.2 Å². The Morgan fingerprint density at radius 1 is 1.26 bits per heavy atom. The van der Waals surface area contributed by atoms with Crippen LogP contribution in [-0.4, -0.2) is 40.6 Å². The summed E-state index contributed by atoms with van der Waals surface area (Å²) in [7, 11) is -2.92. The summed E-state index contributed by atoms with van der Waals surface area (Å²) in [5.41, 5.74) is 1.04. The van der Waals surface area contributed by atoms with Gasteiger partial charge in [-0.05, 0) is 55.1 Å². The van der Waals surface area contributed by atoms with E-state index < -0.39 is 9.84 Å². The molecule has 0 radical (unpaired) electrons. The Bertz CT molecular complexity index is 964. The van der Waals surface area contributed by atoms with E-state index >= 15 is 0 Å². The third-order valence-corrected chi connectivity index (χ3v) is 7.25. The quantitative estimate of drug-likeness (QED) is 0.653. The first-order valence-electron chi connectivity index (χ1n) is 9.14. The van der Waals surface area contributed by atoms with E-state index in [-0.39, 0.29) is 23.2 Å². The van der Waals surface area contributed by atoms with Gasteiger partial charge >= 0.3 is 0 Å². The average Bonchev–Trinajstić information content (AvgIpc) is 3.32. The number of aromatic nitrogens is 2. The third-order valence-electron chi connectivity index (χ3n) is 5.12. The molecule has 1 atom stereocenters. The molecule has 1 aliphatic carbocycles. The van der Waals surface area contributed by atoms with Crippen LogP contribution in [0.1, 0.15) is 30.7 Å². The molecule has 0 amide bonds. The first-order valence-corrected chi connectivity index (χ1v) is 11.4. The Labute approximate surface area is 162 Å². The Morgan fingerprint density at radius 2 is 2.00 bits per heavy atom. The van der Waals surface area contributed by atoms with Crippen LogP contribution < -0.4 is 0 Å². The molecule has 27 heavy (non-hydrogen) atoms. The van der Waals surface area contributed by atoms with Crippen molar-refractivity contribution in [1.82, 2.24) is 14.7 Å². The SMILES string of the molecule is O=S1(=O)CC[C@H](Cc2nn(CN(Cc3ccc(F)cc3)C3CC3)c(=S)o2)C1. The third kappa shape index (κ3) is 4.83. The van der Waals surface area contributed by atoms with Crippen LogP contribution in [0.15, 0.2) is 28.7 Å². The van der Waals surface area contributed by atoms with E-state index in [0.29, 0.717) is 42.8 Å². The summed E-state index contributed by atoms with van der Waals surface area (Å²) in [4.78, 5) is 2.56. The molecule has 1 saturated carbocycles. The molecule has 0 bridgehead atoms. The molecule has 6 nitrogen and oxygen atoms in total. The van der Waals surface area contributed by atoms with Crippen LogP contribution in [0.5, 0.6) is 0 Å². The van der Waals surface area contributed by atoms with Crippen molar-refractivity contribution in [3.8, 4) is 0 Å². The summed E-state index contributed by atoms with van der Waals surface area (Å²) < 4.78 is 43.6. The molecule has 1 saturated heterocycles. The molecular weight excluding hydrogens is 389 g/mol. The summed E-state index contributed by atoms with van der Waals surface area (Å²) in [6.07, 6.45) is 3.39. The summed E-state index contributed by atoms with van der Waals surface area (Å²) in [6, 6.07) is 6.99. The zero-order chi connectivity index (χ0) is 19.0. The molecule has 2 aromatic rings. The lowest BCUT2D eigenvalue weighted by atomic mass is 10.1. The van der Waals surface area contributed by atoms with Gasteiger partial charge in [-0.3, -0.25) is 4.90 Å². The van der Waals surface area contributed by atoms with Gasteiger partial charge in [0.2, 0.25) is 5.89 Å². The zero-order valence-corrected chi connectivity index (χ0v) is 16.5. The first-order chi connectivity index (χ1) is 12.9. The summed E-state index contributed by atoms with van der Waals surface area (Å²) in [5, 5.41) is 4.48. The minimum Gasteiger partial charge on any atom is -0.414 e. The standard InChI is InChI=1S/C18H22FN3O3S2/c19-15-3-1-13(2-4-15)10-21(16-5-6-16)12-22-18(26)25-17(20-22)9-14-7-8-27(23,24)11-14/h1-4,14,16H,5-12H2/t14-/m1/s1. The lowest BCUT2D eigenvalue weighted by Gasteiger charge is -2.21. The highest BCUT2D eigenvalue weighted by molar-refractivity contribution is 7.91. The van der Waals surface area contributed by atoms with Gasteiger partial charge in [0.15, 0.2) is 9.84 Å². The molecule has 1 aliphatic heterocycles. The molecule has 2 aliphatic rings. The van der Waals surface area contributed by atoms with Crippen LogP contribution in [0.3, 0.4) is 0 Å². The van der Waals surface area contributed by atoms with E-state index in [1.165, 1.54) is 12.1 Å². The van der Waals surface area contributed by atoms with E-state index in [2.05, 4.69) is 10.00 Å². The topological polar surface area (TPSA) is 68.3 Å². The number of nitrogens with zero attached hydrogens (tertiary/aromatic N) is 3. The predicted molar refractivity (Wildman–Crippen MR) is 101 cm³/mol. The number of hydrogen-bond donors (Lipinski definition) is 0. The Hall–Kier alpha value is -1.58. The van der Waals surface area contributed by atoms with Crippen LogP contribution in [0.2, 0.25) is 0 Å². The van der Waals surface area contributed by atoms with Crippen molar-refractivity contribution in [2.75, 3.05) is 11.5 Å².